The van der Waals surface area contributed by atoms with Crippen LogP contribution in [0.15, 0.2) is 54.6 Å². The van der Waals surface area contributed by atoms with E-state index in [9.17, 15) is 4.79 Å². The number of Topliss-reactive ketones (excluding diaryl/α,β-unsaturated/α-hetero) is 1. The number of thiocarbonyl (C=S) groups is 1. The Hall–Kier alpha value is -2.24. The van der Waals surface area contributed by atoms with E-state index in [2.05, 4.69) is 41.0 Å². The minimum Gasteiger partial charge on any atom is -0.359 e. The number of anilines is 1. The van der Waals surface area contributed by atoms with E-state index in [0.29, 0.717) is 16.7 Å². The van der Waals surface area contributed by atoms with Crippen molar-refractivity contribution in [3.05, 3.63) is 65.7 Å². The van der Waals surface area contributed by atoms with Crippen LogP contribution >= 0.6 is 12.2 Å². The number of quaternary nitrogens is 1. The van der Waals surface area contributed by atoms with E-state index in [-0.39, 0.29) is 5.78 Å². The third-order valence-electron chi connectivity index (χ3n) is 4.87. The first-order chi connectivity index (χ1) is 12.6. The van der Waals surface area contributed by atoms with Crippen molar-refractivity contribution in [2.75, 3.05) is 18.4 Å². The van der Waals surface area contributed by atoms with Gasteiger partial charge < -0.3 is 15.5 Å². The Morgan fingerprint density at radius 2 is 1.73 bits per heavy atom. The monoisotopic (exact) mass is 368 g/mol. The number of piperidine rings is 1. The van der Waals surface area contributed by atoms with E-state index < -0.39 is 0 Å². The molecule has 0 saturated carbocycles. The zero-order valence-corrected chi connectivity index (χ0v) is 15.9. The molecule has 0 aliphatic carbocycles. The second kappa shape index (κ2) is 8.92. The van der Waals surface area contributed by atoms with Crippen LogP contribution < -0.4 is 15.5 Å². The summed E-state index contributed by atoms with van der Waals surface area (Å²) in [7, 11) is 0. The lowest BCUT2D eigenvalue weighted by Crippen LogP contribution is -3.12. The van der Waals surface area contributed by atoms with E-state index in [1.54, 1.807) is 11.8 Å². The number of hydrogen-bond donors (Lipinski definition) is 3. The van der Waals surface area contributed by atoms with Gasteiger partial charge in [-0.1, -0.05) is 30.3 Å². The zero-order chi connectivity index (χ0) is 18.4. The predicted molar refractivity (Wildman–Crippen MR) is 110 cm³/mol. The molecule has 1 saturated heterocycles. The first-order valence-electron chi connectivity index (χ1n) is 9.16. The van der Waals surface area contributed by atoms with Gasteiger partial charge in [-0.2, -0.15) is 0 Å². The van der Waals surface area contributed by atoms with Gasteiger partial charge in [0.05, 0.1) is 13.1 Å². The molecule has 1 heterocycles. The summed E-state index contributed by atoms with van der Waals surface area (Å²) in [4.78, 5) is 13.0. The number of rotatable bonds is 5. The van der Waals surface area contributed by atoms with E-state index >= 15 is 0 Å². The Morgan fingerprint density at radius 3 is 2.35 bits per heavy atom. The summed E-state index contributed by atoms with van der Waals surface area (Å²) in [6, 6.07) is 18.5. The molecule has 26 heavy (non-hydrogen) atoms. The summed E-state index contributed by atoms with van der Waals surface area (Å²) < 4.78 is 0. The van der Waals surface area contributed by atoms with Gasteiger partial charge in [-0.05, 0) is 43.4 Å². The molecule has 2 aromatic rings. The molecular formula is C21H26N3OS+. The highest BCUT2D eigenvalue weighted by atomic mass is 32.1. The maximum Gasteiger partial charge on any atom is 0.171 e. The lowest BCUT2D eigenvalue weighted by atomic mass is 10.0. The maximum atomic E-state index is 11.3. The van der Waals surface area contributed by atoms with E-state index in [4.69, 9.17) is 12.2 Å². The van der Waals surface area contributed by atoms with E-state index in [1.165, 1.54) is 5.56 Å². The average Bonchev–Trinajstić information content (AvgIpc) is 2.64. The quantitative estimate of drug-likeness (QED) is 0.560. The second-order valence-corrected chi connectivity index (χ2v) is 7.33. The number of ketones is 1. The zero-order valence-electron chi connectivity index (χ0n) is 15.1. The number of benzene rings is 2. The normalized spacial score (nSPS) is 19.6. The number of hydrogen-bond acceptors (Lipinski definition) is 2. The summed E-state index contributed by atoms with van der Waals surface area (Å²) in [5, 5.41) is 7.29. The third kappa shape index (κ3) is 5.38. The lowest BCUT2D eigenvalue weighted by Gasteiger charge is -2.30. The molecule has 1 aliphatic rings. The van der Waals surface area contributed by atoms with Crippen molar-refractivity contribution in [1.29, 1.82) is 0 Å². The minimum absolute atomic E-state index is 0.0713. The third-order valence-corrected chi connectivity index (χ3v) is 5.09. The number of likely N-dealkylation sites (tertiary alicyclic amines) is 1. The van der Waals surface area contributed by atoms with Gasteiger partial charge in [0.2, 0.25) is 0 Å². The highest BCUT2D eigenvalue weighted by Gasteiger charge is 2.22. The first kappa shape index (κ1) is 18.5. The van der Waals surface area contributed by atoms with Crippen molar-refractivity contribution in [3.63, 3.8) is 0 Å². The number of nitrogens with one attached hydrogen (secondary N) is 3. The van der Waals surface area contributed by atoms with Gasteiger partial charge in [-0.15, -0.1) is 0 Å². The van der Waals surface area contributed by atoms with Gasteiger partial charge in [0.25, 0.3) is 0 Å². The Kier molecular flexibility index (Phi) is 6.36. The highest BCUT2D eigenvalue weighted by Crippen LogP contribution is 2.10. The molecule has 0 aromatic heterocycles. The molecule has 0 atom stereocenters. The largest absolute Gasteiger partial charge is 0.359 e. The van der Waals surface area contributed by atoms with E-state index in [1.807, 2.05) is 24.3 Å². The van der Waals surface area contributed by atoms with Crippen molar-refractivity contribution in [1.82, 2.24) is 5.32 Å². The smallest absolute Gasteiger partial charge is 0.171 e. The number of carbonyl (C=O) groups excluding carboxylic acids is 1. The molecule has 3 N–H and O–H groups in total. The summed E-state index contributed by atoms with van der Waals surface area (Å²) >= 11 is 5.44. The van der Waals surface area contributed by atoms with Crippen LogP contribution in [0.5, 0.6) is 0 Å². The van der Waals surface area contributed by atoms with Crippen molar-refractivity contribution in [2.45, 2.75) is 32.4 Å². The topological polar surface area (TPSA) is 45.6 Å². The van der Waals surface area contributed by atoms with E-state index in [0.717, 1.165) is 38.2 Å². The Morgan fingerprint density at radius 1 is 1.08 bits per heavy atom. The Bertz CT molecular complexity index is 738. The molecule has 0 bridgehead atoms. The summed E-state index contributed by atoms with van der Waals surface area (Å²) in [6.45, 7) is 4.98. The Balaban J connectivity index is 1.42. The molecule has 3 rings (SSSR count). The average molecular weight is 369 g/mol. The summed E-state index contributed by atoms with van der Waals surface area (Å²) in [5.74, 6) is 0.0713. The van der Waals surface area contributed by atoms with Gasteiger partial charge in [-0.25, -0.2) is 0 Å². The van der Waals surface area contributed by atoms with Crippen LogP contribution in [0, 0.1) is 0 Å². The Labute approximate surface area is 160 Å². The van der Waals surface area contributed by atoms with Crippen molar-refractivity contribution < 1.29 is 9.69 Å². The van der Waals surface area contributed by atoms with Crippen LogP contribution in [0.1, 0.15) is 35.7 Å². The minimum atomic E-state index is 0.0713. The van der Waals surface area contributed by atoms with Crippen LogP contribution in [0.3, 0.4) is 0 Å². The molecule has 0 unspecified atom stereocenters. The predicted octanol–water partition coefficient (Wildman–Crippen LogP) is 2.42. The highest BCUT2D eigenvalue weighted by molar-refractivity contribution is 7.80. The van der Waals surface area contributed by atoms with Gasteiger partial charge in [0.1, 0.15) is 6.54 Å². The van der Waals surface area contributed by atoms with Crippen LogP contribution in [-0.4, -0.2) is 30.0 Å². The van der Waals surface area contributed by atoms with Crippen molar-refractivity contribution in [3.8, 4) is 0 Å². The van der Waals surface area contributed by atoms with Crippen LogP contribution in [0.2, 0.25) is 0 Å². The SMILES string of the molecule is CC(=O)c1ccc(NC(=S)NC2CC[NH+](Cc3ccccc3)CC2)cc1. The molecule has 0 spiro atoms. The van der Waals surface area contributed by atoms with Crippen molar-refractivity contribution >= 4 is 28.8 Å². The molecule has 2 aromatic carbocycles. The van der Waals surface area contributed by atoms with Gasteiger partial charge in [0, 0.05) is 35.7 Å². The molecule has 0 radical (unpaired) electrons. The fourth-order valence-electron chi connectivity index (χ4n) is 3.37. The molecule has 136 valence electrons. The molecule has 1 fully saturated rings. The van der Waals surface area contributed by atoms with Gasteiger partial charge in [-0.3, -0.25) is 4.79 Å². The molecule has 4 nitrogen and oxygen atoms in total. The maximum absolute atomic E-state index is 11.3. The standard InChI is InChI=1S/C21H25N3OS/c1-16(25)18-7-9-19(10-8-18)22-21(26)23-20-11-13-24(14-12-20)15-17-5-3-2-4-6-17/h2-10,20H,11-15H2,1H3,(H2,22,23,26)/p+1. The van der Waals surface area contributed by atoms with Gasteiger partial charge >= 0.3 is 0 Å². The molecule has 5 heteroatoms. The van der Waals surface area contributed by atoms with Crippen molar-refractivity contribution in [2.24, 2.45) is 0 Å². The lowest BCUT2D eigenvalue weighted by molar-refractivity contribution is -0.918. The second-order valence-electron chi connectivity index (χ2n) is 6.92. The number of carbonyl (C=O) groups is 1. The van der Waals surface area contributed by atoms with Gasteiger partial charge in [0.15, 0.2) is 10.9 Å². The molecule has 1 aliphatic heterocycles. The molecule has 0 amide bonds. The fraction of sp³-hybridized carbons (Fsp3) is 0.333. The molecular weight excluding hydrogens is 342 g/mol. The van der Waals surface area contributed by atoms with Crippen LogP contribution in [-0.2, 0) is 6.54 Å². The van der Waals surface area contributed by atoms with Crippen LogP contribution in [0.25, 0.3) is 0 Å². The summed E-state index contributed by atoms with van der Waals surface area (Å²) in [5.41, 5.74) is 3.02. The van der Waals surface area contributed by atoms with Crippen LogP contribution in [0.4, 0.5) is 5.69 Å². The first-order valence-corrected chi connectivity index (χ1v) is 9.57. The summed E-state index contributed by atoms with van der Waals surface area (Å²) in [6.07, 6.45) is 2.24. The fourth-order valence-corrected chi connectivity index (χ4v) is 3.66.